The molecule has 2 heterocycles. The maximum Gasteiger partial charge on any atom is 0.255 e. The van der Waals surface area contributed by atoms with Gasteiger partial charge in [-0.05, 0) is 37.8 Å². The van der Waals surface area contributed by atoms with E-state index in [2.05, 4.69) is 6.07 Å². The summed E-state index contributed by atoms with van der Waals surface area (Å²) in [6.45, 7) is 2.02. The van der Waals surface area contributed by atoms with Crippen molar-refractivity contribution in [1.82, 2.24) is 9.21 Å². The van der Waals surface area contributed by atoms with Crippen LogP contribution in [0, 0.1) is 17.2 Å². The van der Waals surface area contributed by atoms with Gasteiger partial charge in [-0.1, -0.05) is 18.6 Å². The van der Waals surface area contributed by atoms with E-state index in [1.807, 2.05) is 0 Å². The van der Waals surface area contributed by atoms with Gasteiger partial charge in [0.2, 0.25) is 10.0 Å². The molecule has 1 amide bonds. The van der Waals surface area contributed by atoms with Gasteiger partial charge in [0.15, 0.2) is 0 Å². The third-order valence-corrected chi connectivity index (χ3v) is 6.97. The molecule has 0 saturated carbocycles. The number of amides is 1. The van der Waals surface area contributed by atoms with Crippen molar-refractivity contribution in [1.29, 1.82) is 5.26 Å². The van der Waals surface area contributed by atoms with Gasteiger partial charge in [-0.15, -0.1) is 0 Å². The molecule has 2 saturated heterocycles. The van der Waals surface area contributed by atoms with Crippen molar-refractivity contribution in [3.05, 3.63) is 29.8 Å². The van der Waals surface area contributed by atoms with E-state index in [0.29, 0.717) is 39.0 Å². The van der Waals surface area contributed by atoms with Crippen LogP contribution in [0.15, 0.2) is 29.2 Å². The number of likely N-dealkylation sites (tertiary alicyclic amines) is 1. The molecule has 7 heteroatoms. The number of carbonyl (C=O) groups is 1. The minimum atomic E-state index is -3.66. The predicted octanol–water partition coefficient (Wildman–Crippen LogP) is 2.24. The molecule has 1 aromatic rings. The standard InChI is InChI=1S/C18H23N3O3S/c19-14-15-8-12-20(13-9-15)18(22)16-6-2-3-7-17(16)25(23,24)21-10-4-1-5-11-21/h2-3,6-7,15H,1,4-5,8-13H2. The Balaban J connectivity index is 1.86. The first-order valence-electron chi connectivity index (χ1n) is 8.82. The van der Waals surface area contributed by atoms with Crippen LogP contribution in [0.25, 0.3) is 0 Å². The highest BCUT2D eigenvalue weighted by atomic mass is 32.2. The molecule has 0 radical (unpaired) electrons. The Kier molecular flexibility index (Phi) is 5.40. The molecule has 6 nitrogen and oxygen atoms in total. The molecule has 0 unspecified atom stereocenters. The van der Waals surface area contributed by atoms with Gasteiger partial charge in [-0.3, -0.25) is 4.79 Å². The summed E-state index contributed by atoms with van der Waals surface area (Å²) in [5, 5.41) is 8.99. The molecule has 0 spiro atoms. The number of piperidine rings is 2. The second-order valence-electron chi connectivity index (χ2n) is 6.66. The second kappa shape index (κ2) is 7.54. The fourth-order valence-corrected chi connectivity index (χ4v) is 5.20. The van der Waals surface area contributed by atoms with E-state index in [1.54, 1.807) is 23.1 Å². The monoisotopic (exact) mass is 361 g/mol. The number of nitrogens with zero attached hydrogens (tertiary/aromatic N) is 3. The Labute approximate surface area is 149 Å². The van der Waals surface area contributed by atoms with Crippen LogP contribution < -0.4 is 0 Å². The zero-order valence-electron chi connectivity index (χ0n) is 14.2. The third kappa shape index (κ3) is 3.70. The molecule has 0 N–H and O–H groups in total. The SMILES string of the molecule is N#CC1CCN(C(=O)c2ccccc2S(=O)(=O)N2CCCCC2)CC1. The van der Waals surface area contributed by atoms with Crippen molar-refractivity contribution in [3.8, 4) is 6.07 Å². The molecule has 1 aromatic carbocycles. The van der Waals surface area contributed by atoms with Crippen LogP contribution in [0.2, 0.25) is 0 Å². The first-order chi connectivity index (χ1) is 12.0. The Morgan fingerprint density at radius 2 is 1.68 bits per heavy atom. The van der Waals surface area contributed by atoms with Crippen LogP contribution >= 0.6 is 0 Å². The molecule has 3 rings (SSSR count). The topological polar surface area (TPSA) is 81.5 Å². The van der Waals surface area contributed by atoms with Crippen molar-refractivity contribution in [3.63, 3.8) is 0 Å². The summed E-state index contributed by atoms with van der Waals surface area (Å²) in [6.07, 6.45) is 4.04. The summed E-state index contributed by atoms with van der Waals surface area (Å²) in [4.78, 5) is 14.7. The number of rotatable bonds is 3. The average molecular weight is 361 g/mol. The van der Waals surface area contributed by atoms with Crippen molar-refractivity contribution in [2.45, 2.75) is 37.0 Å². The van der Waals surface area contributed by atoms with Crippen molar-refractivity contribution in [2.75, 3.05) is 26.2 Å². The lowest BCUT2D eigenvalue weighted by Gasteiger charge is -2.31. The number of carbonyl (C=O) groups excluding carboxylic acids is 1. The van der Waals surface area contributed by atoms with Crippen LogP contribution in [-0.2, 0) is 10.0 Å². The van der Waals surface area contributed by atoms with Gasteiger partial charge in [-0.2, -0.15) is 9.57 Å². The summed E-state index contributed by atoms with van der Waals surface area (Å²) in [7, 11) is -3.66. The van der Waals surface area contributed by atoms with E-state index in [-0.39, 0.29) is 22.3 Å². The lowest BCUT2D eigenvalue weighted by Crippen LogP contribution is -2.40. The third-order valence-electron chi connectivity index (χ3n) is 5.02. The normalized spacial score (nSPS) is 20.2. The molecular weight excluding hydrogens is 338 g/mol. The van der Waals surface area contributed by atoms with E-state index < -0.39 is 10.0 Å². The molecule has 134 valence electrons. The lowest BCUT2D eigenvalue weighted by atomic mass is 9.98. The maximum atomic E-state index is 13.0. The number of hydrogen-bond acceptors (Lipinski definition) is 4. The fourth-order valence-electron chi connectivity index (χ4n) is 3.49. The van der Waals surface area contributed by atoms with Gasteiger partial charge in [0.05, 0.1) is 16.5 Å². The molecular formula is C18H23N3O3S. The van der Waals surface area contributed by atoms with Crippen LogP contribution in [0.4, 0.5) is 0 Å². The first-order valence-corrected chi connectivity index (χ1v) is 10.3. The highest BCUT2D eigenvalue weighted by molar-refractivity contribution is 7.89. The molecule has 0 aromatic heterocycles. The van der Waals surface area contributed by atoms with Crippen LogP contribution in [0.1, 0.15) is 42.5 Å². The number of benzene rings is 1. The highest BCUT2D eigenvalue weighted by Gasteiger charge is 2.32. The van der Waals surface area contributed by atoms with Gasteiger partial charge in [0, 0.05) is 32.1 Å². The summed E-state index contributed by atoms with van der Waals surface area (Å²) < 4.78 is 27.5. The van der Waals surface area contributed by atoms with E-state index >= 15 is 0 Å². The fraction of sp³-hybridized carbons (Fsp3) is 0.556. The van der Waals surface area contributed by atoms with Crippen molar-refractivity contribution in [2.24, 2.45) is 5.92 Å². The second-order valence-corrected chi connectivity index (χ2v) is 8.56. The van der Waals surface area contributed by atoms with E-state index in [1.165, 1.54) is 10.4 Å². The molecule has 25 heavy (non-hydrogen) atoms. The van der Waals surface area contributed by atoms with Crippen molar-refractivity contribution < 1.29 is 13.2 Å². The summed E-state index contributed by atoms with van der Waals surface area (Å²) in [5.41, 5.74) is 0.239. The minimum Gasteiger partial charge on any atom is -0.339 e. The summed E-state index contributed by atoms with van der Waals surface area (Å²) in [6, 6.07) is 8.72. The Bertz CT molecular complexity index is 771. The van der Waals surface area contributed by atoms with E-state index in [0.717, 1.165) is 19.3 Å². The molecule has 2 aliphatic heterocycles. The Morgan fingerprint density at radius 1 is 1.04 bits per heavy atom. The quantitative estimate of drug-likeness (QED) is 0.827. The van der Waals surface area contributed by atoms with Gasteiger partial charge in [-0.25, -0.2) is 8.42 Å². The highest BCUT2D eigenvalue weighted by Crippen LogP contribution is 2.26. The van der Waals surface area contributed by atoms with Gasteiger partial charge < -0.3 is 4.90 Å². The summed E-state index contributed by atoms with van der Waals surface area (Å²) in [5.74, 6) is -0.274. The van der Waals surface area contributed by atoms with Gasteiger partial charge in [0.25, 0.3) is 5.91 Å². The minimum absolute atomic E-state index is 0.0172. The average Bonchev–Trinajstić information content (AvgIpc) is 2.68. The van der Waals surface area contributed by atoms with Gasteiger partial charge in [0.1, 0.15) is 0 Å². The molecule has 2 aliphatic rings. The molecule has 2 fully saturated rings. The largest absolute Gasteiger partial charge is 0.339 e. The van der Waals surface area contributed by atoms with E-state index in [9.17, 15) is 13.2 Å². The first kappa shape index (κ1) is 17.9. The Hall–Kier alpha value is -1.91. The molecule has 0 bridgehead atoms. The predicted molar refractivity (Wildman–Crippen MR) is 93.3 cm³/mol. The van der Waals surface area contributed by atoms with Crippen molar-refractivity contribution >= 4 is 15.9 Å². The number of sulfonamides is 1. The van der Waals surface area contributed by atoms with Crippen LogP contribution in [0.3, 0.4) is 0 Å². The number of nitriles is 1. The summed E-state index contributed by atoms with van der Waals surface area (Å²) >= 11 is 0. The Morgan fingerprint density at radius 3 is 2.32 bits per heavy atom. The van der Waals surface area contributed by atoms with Gasteiger partial charge >= 0.3 is 0 Å². The smallest absolute Gasteiger partial charge is 0.255 e. The zero-order chi connectivity index (χ0) is 17.9. The molecule has 0 atom stereocenters. The molecule has 0 aliphatic carbocycles. The zero-order valence-corrected chi connectivity index (χ0v) is 15.0. The van der Waals surface area contributed by atoms with Crippen LogP contribution in [-0.4, -0.2) is 49.7 Å². The maximum absolute atomic E-state index is 13.0. The van der Waals surface area contributed by atoms with E-state index in [4.69, 9.17) is 5.26 Å². The number of hydrogen-bond donors (Lipinski definition) is 0. The lowest BCUT2D eigenvalue weighted by molar-refractivity contribution is 0.0703. The van der Waals surface area contributed by atoms with Crippen LogP contribution in [0.5, 0.6) is 0 Å².